The minimum absolute atomic E-state index is 0.0818. The Morgan fingerprint density at radius 3 is 2.67 bits per heavy atom. The van der Waals surface area contributed by atoms with Crippen LogP contribution in [0.5, 0.6) is 0 Å². The van der Waals surface area contributed by atoms with E-state index < -0.39 is 12.1 Å². The van der Waals surface area contributed by atoms with Gasteiger partial charge in [-0.15, -0.1) is 0 Å². The Morgan fingerprint density at radius 2 is 2.20 bits per heavy atom. The van der Waals surface area contributed by atoms with Crippen molar-refractivity contribution in [1.29, 1.82) is 0 Å². The van der Waals surface area contributed by atoms with Crippen LogP contribution in [0, 0.1) is 0 Å². The zero-order chi connectivity index (χ0) is 11.6. The van der Waals surface area contributed by atoms with Crippen LogP contribution < -0.4 is 0 Å². The van der Waals surface area contributed by atoms with E-state index in [9.17, 15) is 9.90 Å². The number of rotatable bonds is 3. The predicted molar refractivity (Wildman–Crippen MR) is 54.6 cm³/mol. The number of carboxylic acids is 1. The van der Waals surface area contributed by atoms with Gasteiger partial charge in [-0.3, -0.25) is 5.10 Å². The van der Waals surface area contributed by atoms with Gasteiger partial charge in [0.05, 0.1) is 6.20 Å². The standard InChI is InChI=1S/C10H16N2O3/c1-10(2,3)8-6(5-11-12-8)4-7(13)9(14)15/h5,7,13H,4H2,1-3H3,(H,11,12)(H,14,15). The van der Waals surface area contributed by atoms with Gasteiger partial charge in [0.15, 0.2) is 6.10 Å². The second kappa shape index (κ2) is 4.02. The van der Waals surface area contributed by atoms with Crippen molar-refractivity contribution in [3.63, 3.8) is 0 Å². The van der Waals surface area contributed by atoms with Gasteiger partial charge in [0, 0.05) is 17.5 Å². The van der Waals surface area contributed by atoms with Crippen LogP contribution >= 0.6 is 0 Å². The SMILES string of the molecule is CC(C)(C)c1[nH]ncc1CC(O)C(=O)O. The molecule has 1 unspecified atom stereocenters. The summed E-state index contributed by atoms with van der Waals surface area (Å²) in [6.45, 7) is 5.99. The van der Waals surface area contributed by atoms with Gasteiger partial charge >= 0.3 is 5.97 Å². The van der Waals surface area contributed by atoms with Crippen molar-refractivity contribution in [2.75, 3.05) is 0 Å². The van der Waals surface area contributed by atoms with Gasteiger partial charge in [-0.2, -0.15) is 5.10 Å². The minimum Gasteiger partial charge on any atom is -0.479 e. The average Bonchev–Trinajstić information content (AvgIpc) is 2.50. The highest BCUT2D eigenvalue weighted by Crippen LogP contribution is 2.24. The second-order valence-electron chi connectivity index (χ2n) is 4.58. The van der Waals surface area contributed by atoms with E-state index >= 15 is 0 Å². The van der Waals surface area contributed by atoms with Crippen molar-refractivity contribution in [3.05, 3.63) is 17.5 Å². The number of hydrogen-bond acceptors (Lipinski definition) is 3. The highest BCUT2D eigenvalue weighted by Gasteiger charge is 2.23. The third kappa shape index (κ3) is 2.79. The summed E-state index contributed by atoms with van der Waals surface area (Å²) in [7, 11) is 0. The van der Waals surface area contributed by atoms with Crippen molar-refractivity contribution < 1.29 is 15.0 Å². The van der Waals surface area contributed by atoms with Crippen LogP contribution in [0.15, 0.2) is 6.20 Å². The second-order valence-corrected chi connectivity index (χ2v) is 4.58. The Morgan fingerprint density at radius 1 is 1.60 bits per heavy atom. The molecule has 0 aliphatic rings. The highest BCUT2D eigenvalue weighted by atomic mass is 16.4. The number of nitrogens with one attached hydrogen (secondary N) is 1. The van der Waals surface area contributed by atoms with Gasteiger partial charge in [0.25, 0.3) is 0 Å². The maximum Gasteiger partial charge on any atom is 0.332 e. The smallest absolute Gasteiger partial charge is 0.332 e. The summed E-state index contributed by atoms with van der Waals surface area (Å²) in [4.78, 5) is 10.5. The fourth-order valence-electron chi connectivity index (χ4n) is 1.41. The molecule has 5 nitrogen and oxygen atoms in total. The third-order valence-electron chi connectivity index (χ3n) is 2.17. The maximum absolute atomic E-state index is 10.5. The summed E-state index contributed by atoms with van der Waals surface area (Å²) >= 11 is 0. The van der Waals surface area contributed by atoms with E-state index in [1.165, 1.54) is 0 Å². The number of H-pyrrole nitrogens is 1. The van der Waals surface area contributed by atoms with Crippen LogP contribution in [0.1, 0.15) is 32.0 Å². The Labute approximate surface area is 88.1 Å². The van der Waals surface area contributed by atoms with Crippen molar-refractivity contribution in [2.24, 2.45) is 0 Å². The molecule has 1 heterocycles. The summed E-state index contributed by atoms with van der Waals surface area (Å²) in [6.07, 6.45) is 0.272. The Bertz CT molecular complexity index is 352. The molecule has 0 aromatic carbocycles. The molecule has 0 aliphatic heterocycles. The number of carboxylic acid groups (broad SMARTS) is 1. The Hall–Kier alpha value is -1.36. The fourth-order valence-corrected chi connectivity index (χ4v) is 1.41. The molecule has 0 saturated carbocycles. The highest BCUT2D eigenvalue weighted by molar-refractivity contribution is 5.72. The van der Waals surface area contributed by atoms with Gasteiger partial charge in [-0.05, 0) is 5.56 Å². The fraction of sp³-hybridized carbons (Fsp3) is 0.600. The topological polar surface area (TPSA) is 86.2 Å². The number of nitrogens with zero attached hydrogens (tertiary/aromatic N) is 1. The molecule has 3 N–H and O–H groups in total. The van der Waals surface area contributed by atoms with Gasteiger partial charge in [0.1, 0.15) is 0 Å². The van der Waals surface area contributed by atoms with Crippen LogP contribution in [-0.2, 0) is 16.6 Å². The normalized spacial score (nSPS) is 13.9. The molecule has 15 heavy (non-hydrogen) atoms. The molecule has 0 aliphatic carbocycles. The van der Waals surface area contributed by atoms with E-state index in [4.69, 9.17) is 5.11 Å². The van der Waals surface area contributed by atoms with E-state index in [1.807, 2.05) is 20.8 Å². The molecule has 0 fully saturated rings. The zero-order valence-corrected chi connectivity index (χ0v) is 9.11. The lowest BCUT2D eigenvalue weighted by atomic mass is 9.88. The average molecular weight is 212 g/mol. The number of aliphatic hydroxyl groups excluding tert-OH is 1. The van der Waals surface area contributed by atoms with E-state index in [-0.39, 0.29) is 11.8 Å². The van der Waals surface area contributed by atoms with Crippen molar-refractivity contribution >= 4 is 5.97 Å². The van der Waals surface area contributed by atoms with Crippen LogP contribution in [0.3, 0.4) is 0 Å². The summed E-state index contributed by atoms with van der Waals surface area (Å²) in [5, 5.41) is 24.5. The summed E-state index contributed by atoms with van der Waals surface area (Å²) in [5.74, 6) is -1.21. The lowest BCUT2D eigenvalue weighted by Gasteiger charge is -2.18. The van der Waals surface area contributed by atoms with Crippen LogP contribution in [-0.4, -0.2) is 32.5 Å². The molecule has 0 saturated heterocycles. The minimum atomic E-state index is -1.37. The quantitative estimate of drug-likeness (QED) is 0.688. The molecule has 84 valence electrons. The predicted octanol–water partition coefficient (Wildman–Crippen LogP) is 0.695. The van der Waals surface area contributed by atoms with E-state index in [0.717, 1.165) is 11.3 Å². The molecule has 0 radical (unpaired) electrons. The molecule has 1 aromatic heterocycles. The first-order valence-corrected chi connectivity index (χ1v) is 4.76. The molecule has 0 bridgehead atoms. The first-order chi connectivity index (χ1) is 6.82. The Balaban J connectivity index is 2.87. The number of hydrogen-bond donors (Lipinski definition) is 3. The molecule has 1 aromatic rings. The molecule has 0 amide bonds. The molecular formula is C10H16N2O3. The lowest BCUT2D eigenvalue weighted by Crippen LogP contribution is -2.24. The van der Waals surface area contributed by atoms with Crippen molar-refractivity contribution in [3.8, 4) is 0 Å². The molecule has 0 spiro atoms. The number of aliphatic hydroxyl groups is 1. The third-order valence-corrected chi connectivity index (χ3v) is 2.17. The van der Waals surface area contributed by atoms with E-state index in [1.54, 1.807) is 6.20 Å². The summed E-state index contributed by atoms with van der Waals surface area (Å²) in [5.41, 5.74) is 1.48. The molecule has 5 heteroatoms. The van der Waals surface area contributed by atoms with Gasteiger partial charge in [-0.1, -0.05) is 20.8 Å². The number of aromatic amines is 1. The van der Waals surface area contributed by atoms with Gasteiger partial charge < -0.3 is 10.2 Å². The first-order valence-electron chi connectivity index (χ1n) is 4.76. The lowest BCUT2D eigenvalue weighted by molar-refractivity contribution is -0.146. The van der Waals surface area contributed by atoms with Gasteiger partial charge in [-0.25, -0.2) is 4.79 Å². The molecule has 1 rings (SSSR count). The van der Waals surface area contributed by atoms with Crippen LogP contribution in [0.25, 0.3) is 0 Å². The Kier molecular flexibility index (Phi) is 3.14. The number of carbonyl (C=O) groups is 1. The number of aliphatic carboxylic acids is 1. The zero-order valence-electron chi connectivity index (χ0n) is 9.11. The van der Waals surface area contributed by atoms with Crippen molar-refractivity contribution in [1.82, 2.24) is 10.2 Å². The van der Waals surface area contributed by atoms with E-state index in [0.29, 0.717) is 0 Å². The van der Waals surface area contributed by atoms with Crippen molar-refractivity contribution in [2.45, 2.75) is 38.7 Å². The molecular weight excluding hydrogens is 196 g/mol. The maximum atomic E-state index is 10.5. The number of aromatic nitrogens is 2. The van der Waals surface area contributed by atoms with Crippen LogP contribution in [0.2, 0.25) is 0 Å². The monoisotopic (exact) mass is 212 g/mol. The van der Waals surface area contributed by atoms with E-state index in [2.05, 4.69) is 10.2 Å². The summed E-state index contributed by atoms with van der Waals surface area (Å²) in [6, 6.07) is 0. The summed E-state index contributed by atoms with van der Waals surface area (Å²) < 4.78 is 0. The van der Waals surface area contributed by atoms with Crippen LogP contribution in [0.4, 0.5) is 0 Å². The van der Waals surface area contributed by atoms with Gasteiger partial charge in [0.2, 0.25) is 0 Å². The largest absolute Gasteiger partial charge is 0.479 e. The first kappa shape index (κ1) is 11.7. The molecule has 1 atom stereocenters.